The third-order valence-corrected chi connectivity index (χ3v) is 6.13. The number of rotatable bonds is 2. The van der Waals surface area contributed by atoms with Gasteiger partial charge in [0.05, 0.1) is 7.85 Å². The molecule has 0 spiro atoms. The summed E-state index contributed by atoms with van der Waals surface area (Å²) in [6.45, 7) is 10.8. The second-order valence-electron chi connectivity index (χ2n) is 7.70. The van der Waals surface area contributed by atoms with Crippen LogP contribution in [0.1, 0.15) is 60.3 Å². The van der Waals surface area contributed by atoms with E-state index in [2.05, 4.69) is 32.6 Å². The summed E-state index contributed by atoms with van der Waals surface area (Å²) in [4.78, 5) is 14.4. The molecule has 3 nitrogen and oxygen atoms in total. The summed E-state index contributed by atoms with van der Waals surface area (Å²) in [5.74, 6) is 0.759. The normalized spacial score (nSPS) is 38.8. The van der Waals surface area contributed by atoms with Crippen LogP contribution in [-0.2, 0) is 4.79 Å². The molecule has 2 N–H and O–H groups in total. The molecule has 4 unspecified atom stereocenters. The number of hydrogen-bond donors (Lipinski definition) is 1. The number of likely N-dealkylation sites (tertiary alicyclic amines) is 1. The predicted octanol–water partition coefficient (Wildman–Crippen LogP) is 2.50. The molecule has 2 fully saturated rings. The van der Waals surface area contributed by atoms with E-state index >= 15 is 0 Å². The van der Waals surface area contributed by atoms with Crippen molar-refractivity contribution in [3.8, 4) is 0 Å². The molecule has 1 saturated carbocycles. The van der Waals surface area contributed by atoms with Gasteiger partial charge in [-0.3, -0.25) is 4.79 Å². The van der Waals surface area contributed by atoms with E-state index in [4.69, 9.17) is 13.6 Å². The number of carbonyl (C=O) groups is 1. The molecule has 2 aliphatic rings. The lowest BCUT2D eigenvalue weighted by atomic mass is 9.41. The predicted molar refractivity (Wildman–Crippen MR) is 83.6 cm³/mol. The van der Waals surface area contributed by atoms with Crippen molar-refractivity contribution in [2.45, 2.75) is 83.7 Å². The molecule has 4 atom stereocenters. The Morgan fingerprint density at radius 2 is 1.90 bits per heavy atom. The van der Waals surface area contributed by atoms with Crippen molar-refractivity contribution in [2.24, 2.45) is 17.1 Å². The number of piperidine rings is 1. The number of carbonyl (C=O) groups excluding carboxylic acids is 1. The summed E-state index contributed by atoms with van der Waals surface area (Å²) in [7, 11) is 6.71. The summed E-state index contributed by atoms with van der Waals surface area (Å²) in [6.07, 6.45) is 3.48. The lowest BCUT2D eigenvalue weighted by Gasteiger charge is -2.62. The fourth-order valence-electron chi connectivity index (χ4n) is 4.70. The maximum Gasteiger partial charge on any atom is 0.223 e. The molecule has 112 valence electrons. The van der Waals surface area contributed by atoms with Gasteiger partial charge in [-0.25, -0.2) is 0 Å². The summed E-state index contributed by atoms with van der Waals surface area (Å²) < 4.78 is 0. The van der Waals surface area contributed by atoms with Gasteiger partial charge in [-0.05, 0) is 49.4 Å². The first-order valence-corrected chi connectivity index (χ1v) is 7.98. The van der Waals surface area contributed by atoms with Gasteiger partial charge < -0.3 is 10.6 Å². The molecule has 0 bridgehead atoms. The average molecular weight is 276 g/mol. The topological polar surface area (TPSA) is 46.3 Å². The van der Waals surface area contributed by atoms with E-state index in [1.54, 1.807) is 0 Å². The lowest BCUT2D eigenvalue weighted by molar-refractivity contribution is -0.149. The molecule has 1 amide bonds. The highest BCUT2D eigenvalue weighted by molar-refractivity contribution is 6.16. The SMILES string of the molecule is [B]C1(C(C)N)CCC2C(CCC(=O)N2C(C)C)C1(C)C. The Morgan fingerprint density at radius 1 is 1.30 bits per heavy atom. The van der Waals surface area contributed by atoms with Crippen molar-refractivity contribution in [1.29, 1.82) is 0 Å². The van der Waals surface area contributed by atoms with Crippen LogP contribution in [0.15, 0.2) is 0 Å². The Hall–Kier alpha value is -0.505. The number of amides is 1. The summed E-state index contributed by atoms with van der Waals surface area (Å²) in [6, 6.07) is 0.580. The Morgan fingerprint density at radius 3 is 2.40 bits per heavy atom. The van der Waals surface area contributed by atoms with Gasteiger partial charge in [-0.2, -0.15) is 0 Å². The molecule has 1 aliphatic heterocycles. The van der Waals surface area contributed by atoms with Crippen LogP contribution < -0.4 is 5.73 Å². The van der Waals surface area contributed by atoms with Gasteiger partial charge in [0.1, 0.15) is 0 Å². The summed E-state index contributed by atoms with van der Waals surface area (Å²) >= 11 is 0. The van der Waals surface area contributed by atoms with E-state index in [9.17, 15) is 4.79 Å². The van der Waals surface area contributed by atoms with Crippen molar-refractivity contribution in [2.75, 3.05) is 0 Å². The van der Waals surface area contributed by atoms with Crippen molar-refractivity contribution in [3.05, 3.63) is 0 Å². The third kappa shape index (κ3) is 2.11. The van der Waals surface area contributed by atoms with Crippen LogP contribution in [0, 0.1) is 11.3 Å². The zero-order valence-corrected chi connectivity index (χ0v) is 13.6. The van der Waals surface area contributed by atoms with Crippen LogP contribution in [0.3, 0.4) is 0 Å². The molecule has 1 saturated heterocycles. The van der Waals surface area contributed by atoms with Gasteiger partial charge in [-0.15, -0.1) is 0 Å². The van der Waals surface area contributed by atoms with Gasteiger partial charge in [0.25, 0.3) is 0 Å². The zero-order chi connectivity index (χ0) is 15.3. The molecule has 2 radical (unpaired) electrons. The van der Waals surface area contributed by atoms with E-state index in [0.717, 1.165) is 19.3 Å². The second-order valence-corrected chi connectivity index (χ2v) is 7.70. The number of nitrogens with two attached hydrogens (primary N) is 1. The van der Waals surface area contributed by atoms with Crippen LogP contribution in [-0.4, -0.2) is 36.8 Å². The van der Waals surface area contributed by atoms with Crippen LogP contribution in [0.25, 0.3) is 0 Å². The first-order chi connectivity index (χ1) is 9.13. The highest BCUT2D eigenvalue weighted by Gasteiger charge is 2.56. The first-order valence-electron chi connectivity index (χ1n) is 7.98. The Bertz CT molecular complexity index is 394. The minimum Gasteiger partial charge on any atom is -0.337 e. The molecule has 1 aliphatic carbocycles. The Labute approximate surface area is 125 Å². The average Bonchev–Trinajstić information content (AvgIpc) is 2.33. The van der Waals surface area contributed by atoms with Gasteiger partial charge in [0.2, 0.25) is 5.91 Å². The number of hydrogen-bond acceptors (Lipinski definition) is 2. The number of fused-ring (bicyclic) bond motifs is 1. The van der Waals surface area contributed by atoms with Crippen molar-refractivity contribution in [1.82, 2.24) is 4.90 Å². The van der Waals surface area contributed by atoms with E-state index in [1.807, 2.05) is 6.92 Å². The highest BCUT2D eigenvalue weighted by Crippen LogP contribution is 2.61. The maximum atomic E-state index is 12.3. The molecule has 0 aromatic heterocycles. The monoisotopic (exact) mass is 276 g/mol. The molecular formula is C16H29BN2O. The Kier molecular flexibility index (Phi) is 4.01. The zero-order valence-electron chi connectivity index (χ0n) is 13.6. The van der Waals surface area contributed by atoms with Gasteiger partial charge in [0, 0.05) is 18.5 Å². The molecule has 4 heteroatoms. The van der Waals surface area contributed by atoms with Gasteiger partial charge in [0.15, 0.2) is 0 Å². The van der Waals surface area contributed by atoms with E-state index in [-0.39, 0.29) is 22.8 Å². The van der Waals surface area contributed by atoms with Crippen molar-refractivity contribution < 1.29 is 4.79 Å². The summed E-state index contributed by atoms with van der Waals surface area (Å²) in [5.41, 5.74) is 6.17. The van der Waals surface area contributed by atoms with E-state index in [1.165, 1.54) is 0 Å². The largest absolute Gasteiger partial charge is 0.337 e. The summed E-state index contributed by atoms with van der Waals surface area (Å²) in [5, 5.41) is -0.336. The van der Waals surface area contributed by atoms with Crippen molar-refractivity contribution >= 4 is 13.8 Å². The van der Waals surface area contributed by atoms with E-state index in [0.29, 0.717) is 24.3 Å². The van der Waals surface area contributed by atoms with E-state index < -0.39 is 0 Å². The van der Waals surface area contributed by atoms with Crippen LogP contribution in [0.2, 0.25) is 5.31 Å². The van der Waals surface area contributed by atoms with Crippen LogP contribution >= 0.6 is 0 Å². The van der Waals surface area contributed by atoms with Crippen LogP contribution in [0.5, 0.6) is 0 Å². The molecule has 0 aromatic carbocycles. The molecule has 0 aromatic rings. The molecule has 20 heavy (non-hydrogen) atoms. The fourth-order valence-corrected chi connectivity index (χ4v) is 4.70. The molecule has 2 rings (SSSR count). The lowest BCUT2D eigenvalue weighted by Crippen LogP contribution is -2.62. The van der Waals surface area contributed by atoms with Gasteiger partial charge >= 0.3 is 0 Å². The first kappa shape index (κ1) is 15.9. The maximum absolute atomic E-state index is 12.3. The molecule has 1 heterocycles. The van der Waals surface area contributed by atoms with Gasteiger partial charge in [-0.1, -0.05) is 27.2 Å². The quantitative estimate of drug-likeness (QED) is 0.788. The second kappa shape index (κ2) is 5.05. The fraction of sp³-hybridized carbons (Fsp3) is 0.938. The third-order valence-electron chi connectivity index (χ3n) is 6.13. The smallest absolute Gasteiger partial charge is 0.223 e. The minimum absolute atomic E-state index is 0.0245. The molecular weight excluding hydrogens is 247 g/mol. The minimum atomic E-state index is -0.336. The number of nitrogens with zero attached hydrogens (tertiary/aromatic N) is 1. The van der Waals surface area contributed by atoms with Crippen LogP contribution in [0.4, 0.5) is 0 Å². The van der Waals surface area contributed by atoms with Crippen molar-refractivity contribution in [3.63, 3.8) is 0 Å². The highest BCUT2D eigenvalue weighted by atomic mass is 16.2. The standard InChI is InChI=1S/C16H29BN2O/c1-10(2)19-13-8-9-16(17,11(3)18)15(4,5)12(13)6-7-14(19)20/h10-13H,6-9,18H2,1-5H3. The Balaban J connectivity index is 2.35.